The number of aromatic nitrogens is 2. The molecule has 0 saturated heterocycles. The summed E-state index contributed by atoms with van der Waals surface area (Å²) in [5, 5.41) is 9.26. The van der Waals surface area contributed by atoms with Gasteiger partial charge in [-0.05, 0) is 41.7 Å². The van der Waals surface area contributed by atoms with Gasteiger partial charge in [0.1, 0.15) is 17.9 Å². The van der Waals surface area contributed by atoms with E-state index in [1.165, 1.54) is 11.9 Å². The van der Waals surface area contributed by atoms with Crippen LogP contribution >= 0.6 is 0 Å². The molecule has 1 aromatic heterocycles. The highest BCUT2D eigenvalue weighted by Gasteiger charge is 2.05. The van der Waals surface area contributed by atoms with E-state index < -0.39 is 0 Å². The number of hydrogen-bond donors (Lipinski definition) is 1. The molecule has 2 aromatic carbocycles. The first-order valence-corrected chi connectivity index (χ1v) is 8.34. The Labute approximate surface area is 147 Å². The van der Waals surface area contributed by atoms with Gasteiger partial charge in [-0.3, -0.25) is 4.79 Å². The molecule has 4 heteroatoms. The number of ketones is 1. The fraction of sp³-hybridized carbons (Fsp3) is 0.190. The Balaban J connectivity index is 1.47. The molecule has 0 aliphatic heterocycles. The summed E-state index contributed by atoms with van der Waals surface area (Å²) in [5.41, 5.74) is 4.25. The molecule has 4 nitrogen and oxygen atoms in total. The number of hydrogen-bond acceptors (Lipinski definition) is 4. The van der Waals surface area contributed by atoms with Crippen molar-refractivity contribution >= 4 is 5.78 Å². The summed E-state index contributed by atoms with van der Waals surface area (Å²) in [7, 11) is 0. The van der Waals surface area contributed by atoms with Crippen molar-refractivity contribution in [2.45, 2.75) is 25.7 Å². The van der Waals surface area contributed by atoms with E-state index in [0.717, 1.165) is 29.5 Å². The zero-order chi connectivity index (χ0) is 17.5. The van der Waals surface area contributed by atoms with Crippen LogP contribution in [0.4, 0.5) is 0 Å². The van der Waals surface area contributed by atoms with Crippen molar-refractivity contribution in [3.05, 3.63) is 78.4 Å². The summed E-state index contributed by atoms with van der Waals surface area (Å²) in [6.45, 7) is 0. The first-order valence-electron chi connectivity index (χ1n) is 8.34. The van der Waals surface area contributed by atoms with Crippen LogP contribution in [0, 0.1) is 0 Å². The lowest BCUT2D eigenvalue weighted by atomic mass is 10.0. The van der Waals surface area contributed by atoms with E-state index in [1.54, 1.807) is 36.7 Å². The SMILES string of the molecule is O=C(CCCc1ccc(-c2cncnc2)cc1)Cc1ccc(O)cc1. The largest absolute Gasteiger partial charge is 0.508 e. The summed E-state index contributed by atoms with van der Waals surface area (Å²) in [4.78, 5) is 20.1. The van der Waals surface area contributed by atoms with Gasteiger partial charge in [-0.25, -0.2) is 9.97 Å². The summed E-state index contributed by atoms with van der Waals surface area (Å²) >= 11 is 0. The molecular formula is C21H20N2O2. The van der Waals surface area contributed by atoms with Gasteiger partial charge < -0.3 is 5.11 Å². The molecule has 0 amide bonds. The molecule has 0 aliphatic carbocycles. The number of aryl methyl sites for hydroxylation is 1. The van der Waals surface area contributed by atoms with Gasteiger partial charge in [0.2, 0.25) is 0 Å². The lowest BCUT2D eigenvalue weighted by Gasteiger charge is -2.05. The molecule has 0 radical (unpaired) electrons. The van der Waals surface area contributed by atoms with Crippen molar-refractivity contribution in [2.24, 2.45) is 0 Å². The molecule has 0 bridgehead atoms. The van der Waals surface area contributed by atoms with Gasteiger partial charge in [-0.2, -0.15) is 0 Å². The summed E-state index contributed by atoms with van der Waals surface area (Å²) in [6, 6.07) is 15.1. The predicted molar refractivity (Wildman–Crippen MR) is 97.2 cm³/mol. The predicted octanol–water partition coefficient (Wildman–Crippen LogP) is 3.98. The Bertz CT molecular complexity index is 813. The van der Waals surface area contributed by atoms with Crippen LogP contribution in [0.3, 0.4) is 0 Å². The van der Waals surface area contributed by atoms with Gasteiger partial charge in [0, 0.05) is 30.8 Å². The third-order valence-electron chi connectivity index (χ3n) is 4.11. The quantitative estimate of drug-likeness (QED) is 0.711. The molecule has 25 heavy (non-hydrogen) atoms. The number of Topliss-reactive ketones (excluding diaryl/α,β-unsaturated/α-hetero) is 1. The van der Waals surface area contributed by atoms with Crippen molar-refractivity contribution in [2.75, 3.05) is 0 Å². The third-order valence-corrected chi connectivity index (χ3v) is 4.11. The number of phenolic OH excluding ortho intramolecular Hbond substituents is 1. The lowest BCUT2D eigenvalue weighted by molar-refractivity contribution is -0.118. The van der Waals surface area contributed by atoms with Crippen LogP contribution < -0.4 is 0 Å². The number of carbonyl (C=O) groups excluding carboxylic acids is 1. The molecular weight excluding hydrogens is 312 g/mol. The van der Waals surface area contributed by atoms with Crippen molar-refractivity contribution in [1.29, 1.82) is 0 Å². The van der Waals surface area contributed by atoms with E-state index in [2.05, 4.69) is 34.2 Å². The monoisotopic (exact) mass is 332 g/mol. The molecule has 0 spiro atoms. The number of aromatic hydroxyl groups is 1. The van der Waals surface area contributed by atoms with E-state index in [9.17, 15) is 9.90 Å². The Hall–Kier alpha value is -3.01. The lowest BCUT2D eigenvalue weighted by Crippen LogP contribution is -2.03. The number of nitrogens with zero attached hydrogens (tertiary/aromatic N) is 2. The first kappa shape index (κ1) is 16.8. The maximum Gasteiger partial charge on any atom is 0.137 e. The van der Waals surface area contributed by atoms with Crippen LogP contribution in [0.1, 0.15) is 24.0 Å². The fourth-order valence-corrected chi connectivity index (χ4v) is 2.73. The molecule has 0 aliphatic rings. The smallest absolute Gasteiger partial charge is 0.137 e. The molecule has 0 fully saturated rings. The molecule has 3 aromatic rings. The van der Waals surface area contributed by atoms with Crippen molar-refractivity contribution in [1.82, 2.24) is 9.97 Å². The second-order valence-corrected chi connectivity index (χ2v) is 6.06. The Morgan fingerprint density at radius 3 is 2.16 bits per heavy atom. The molecule has 0 atom stereocenters. The minimum Gasteiger partial charge on any atom is -0.508 e. The topological polar surface area (TPSA) is 63.1 Å². The zero-order valence-electron chi connectivity index (χ0n) is 13.9. The van der Waals surface area contributed by atoms with Crippen molar-refractivity contribution < 1.29 is 9.90 Å². The average molecular weight is 332 g/mol. The van der Waals surface area contributed by atoms with Crippen LogP contribution in [-0.4, -0.2) is 20.9 Å². The van der Waals surface area contributed by atoms with Crippen LogP contribution in [0.25, 0.3) is 11.1 Å². The molecule has 1 N–H and O–H groups in total. The van der Waals surface area contributed by atoms with E-state index >= 15 is 0 Å². The van der Waals surface area contributed by atoms with Gasteiger partial charge in [-0.15, -0.1) is 0 Å². The minimum absolute atomic E-state index is 0.224. The third kappa shape index (κ3) is 4.98. The highest BCUT2D eigenvalue weighted by molar-refractivity contribution is 5.80. The number of benzene rings is 2. The number of rotatable bonds is 7. The van der Waals surface area contributed by atoms with E-state index in [1.807, 2.05) is 0 Å². The van der Waals surface area contributed by atoms with Gasteiger partial charge in [0.25, 0.3) is 0 Å². The Morgan fingerprint density at radius 2 is 1.48 bits per heavy atom. The van der Waals surface area contributed by atoms with Crippen molar-refractivity contribution in [3.8, 4) is 16.9 Å². The normalized spacial score (nSPS) is 10.6. The average Bonchev–Trinajstić information content (AvgIpc) is 2.65. The van der Waals surface area contributed by atoms with Gasteiger partial charge >= 0.3 is 0 Å². The second-order valence-electron chi connectivity index (χ2n) is 6.06. The van der Waals surface area contributed by atoms with E-state index in [0.29, 0.717) is 12.8 Å². The highest BCUT2D eigenvalue weighted by atomic mass is 16.3. The summed E-state index contributed by atoms with van der Waals surface area (Å²) in [6.07, 6.45) is 7.82. The van der Waals surface area contributed by atoms with Gasteiger partial charge in [-0.1, -0.05) is 36.4 Å². The molecule has 126 valence electrons. The van der Waals surface area contributed by atoms with Crippen LogP contribution in [0.2, 0.25) is 0 Å². The summed E-state index contributed by atoms with van der Waals surface area (Å²) < 4.78 is 0. The fourth-order valence-electron chi connectivity index (χ4n) is 2.73. The van der Waals surface area contributed by atoms with Crippen LogP contribution in [0.15, 0.2) is 67.3 Å². The second kappa shape index (κ2) is 8.20. The Morgan fingerprint density at radius 1 is 0.840 bits per heavy atom. The van der Waals surface area contributed by atoms with Gasteiger partial charge in [0.05, 0.1) is 0 Å². The standard InChI is InChI=1S/C21H20N2O2/c24-20-10-6-17(7-11-20)12-21(25)3-1-2-16-4-8-18(9-5-16)19-13-22-15-23-14-19/h4-11,13-15,24H,1-3,12H2. The zero-order valence-corrected chi connectivity index (χ0v) is 13.9. The van der Waals surface area contributed by atoms with Crippen LogP contribution in [0.5, 0.6) is 5.75 Å². The Kier molecular flexibility index (Phi) is 5.52. The van der Waals surface area contributed by atoms with E-state index in [-0.39, 0.29) is 11.5 Å². The summed E-state index contributed by atoms with van der Waals surface area (Å²) in [5.74, 6) is 0.449. The minimum atomic E-state index is 0.224. The highest BCUT2D eigenvalue weighted by Crippen LogP contribution is 2.18. The molecule has 0 unspecified atom stereocenters. The first-order chi connectivity index (χ1) is 12.2. The van der Waals surface area contributed by atoms with E-state index in [4.69, 9.17) is 0 Å². The number of carbonyl (C=O) groups is 1. The molecule has 1 heterocycles. The van der Waals surface area contributed by atoms with Crippen LogP contribution in [-0.2, 0) is 17.6 Å². The molecule has 3 rings (SSSR count). The van der Waals surface area contributed by atoms with Gasteiger partial charge in [0.15, 0.2) is 0 Å². The molecule has 0 saturated carbocycles. The maximum absolute atomic E-state index is 12.1. The maximum atomic E-state index is 12.1. The van der Waals surface area contributed by atoms with Crippen molar-refractivity contribution in [3.63, 3.8) is 0 Å². The number of phenols is 1.